The molecule has 1 fully saturated rings. The number of nitrogen functional groups attached to an aromatic ring is 1. The molecule has 0 bridgehead atoms. The van der Waals surface area contributed by atoms with Gasteiger partial charge in [0, 0.05) is 12.5 Å². The molecule has 1 atom stereocenters. The summed E-state index contributed by atoms with van der Waals surface area (Å²) in [5.74, 6) is 0.334. The number of rotatable bonds is 2. The van der Waals surface area contributed by atoms with Gasteiger partial charge in [0.15, 0.2) is 5.78 Å². The second-order valence-electron chi connectivity index (χ2n) is 3.12. The number of H-pyrrole nitrogens is 1. The van der Waals surface area contributed by atoms with E-state index in [9.17, 15) is 4.79 Å². The van der Waals surface area contributed by atoms with Gasteiger partial charge in [-0.2, -0.15) is 5.10 Å². The third-order valence-corrected chi connectivity index (χ3v) is 2.23. The molecule has 0 spiro atoms. The highest BCUT2D eigenvalue weighted by Crippen LogP contribution is 2.20. The van der Waals surface area contributed by atoms with Crippen molar-refractivity contribution in [3.05, 3.63) is 11.8 Å². The maximum atomic E-state index is 11.7. The Morgan fingerprint density at radius 3 is 3.15 bits per heavy atom. The number of anilines is 1. The number of ketones is 1. The van der Waals surface area contributed by atoms with E-state index in [1.165, 1.54) is 6.20 Å². The number of nitrogens with zero attached hydrogens (tertiary/aromatic N) is 1. The van der Waals surface area contributed by atoms with Gasteiger partial charge in [-0.1, -0.05) is 0 Å². The lowest BCUT2D eigenvalue weighted by Crippen LogP contribution is -2.15. The Balaban J connectivity index is 2.17. The first kappa shape index (κ1) is 8.25. The van der Waals surface area contributed by atoms with E-state index in [0.29, 0.717) is 24.6 Å². The van der Waals surface area contributed by atoms with Crippen LogP contribution in [0.5, 0.6) is 0 Å². The Morgan fingerprint density at radius 1 is 1.77 bits per heavy atom. The summed E-state index contributed by atoms with van der Waals surface area (Å²) in [4.78, 5) is 11.7. The number of ether oxygens (including phenoxy) is 1. The topological polar surface area (TPSA) is 81.0 Å². The average molecular weight is 181 g/mol. The number of Topliss-reactive ketones (excluding diaryl/α,β-unsaturated/α-hetero) is 1. The van der Waals surface area contributed by atoms with Gasteiger partial charge in [0.25, 0.3) is 0 Å². The number of nitrogens with one attached hydrogen (secondary N) is 1. The number of carbonyl (C=O) groups is 1. The molecule has 5 heteroatoms. The molecule has 0 radical (unpaired) electrons. The number of nitrogens with two attached hydrogens (primary N) is 1. The van der Waals surface area contributed by atoms with Crippen LogP contribution in [0.3, 0.4) is 0 Å². The van der Waals surface area contributed by atoms with Gasteiger partial charge in [-0.25, -0.2) is 0 Å². The van der Waals surface area contributed by atoms with E-state index in [0.717, 1.165) is 6.42 Å². The number of aromatic amines is 1. The third kappa shape index (κ3) is 1.42. The van der Waals surface area contributed by atoms with Crippen molar-refractivity contribution < 1.29 is 9.53 Å². The van der Waals surface area contributed by atoms with Crippen LogP contribution in [0.15, 0.2) is 6.20 Å². The first-order chi connectivity index (χ1) is 6.29. The molecule has 13 heavy (non-hydrogen) atoms. The number of aromatic nitrogens is 2. The van der Waals surface area contributed by atoms with Crippen LogP contribution in [0.25, 0.3) is 0 Å². The maximum Gasteiger partial charge on any atom is 0.173 e. The fourth-order valence-corrected chi connectivity index (χ4v) is 1.45. The molecule has 0 saturated carbocycles. The van der Waals surface area contributed by atoms with Crippen molar-refractivity contribution in [3.63, 3.8) is 0 Å². The highest BCUT2D eigenvalue weighted by molar-refractivity contribution is 6.01. The first-order valence-electron chi connectivity index (χ1n) is 4.20. The summed E-state index contributed by atoms with van der Waals surface area (Å²) < 4.78 is 5.12. The highest BCUT2D eigenvalue weighted by Gasteiger charge is 2.26. The number of hydrogen-bond acceptors (Lipinski definition) is 4. The zero-order valence-corrected chi connectivity index (χ0v) is 7.12. The lowest BCUT2D eigenvalue weighted by molar-refractivity contribution is 0.0901. The molecule has 5 nitrogen and oxygen atoms in total. The summed E-state index contributed by atoms with van der Waals surface area (Å²) in [5, 5.41) is 6.24. The fourth-order valence-electron chi connectivity index (χ4n) is 1.45. The Bertz CT molecular complexity index is 315. The Morgan fingerprint density at radius 2 is 2.62 bits per heavy atom. The molecule has 1 aliphatic rings. The SMILES string of the molecule is Nc1[nH]ncc1C(=O)C1CCOC1. The highest BCUT2D eigenvalue weighted by atomic mass is 16.5. The molecule has 1 unspecified atom stereocenters. The summed E-state index contributed by atoms with van der Waals surface area (Å²) in [7, 11) is 0. The van der Waals surface area contributed by atoms with Gasteiger partial charge in [-0.3, -0.25) is 9.89 Å². The van der Waals surface area contributed by atoms with Crippen LogP contribution >= 0.6 is 0 Å². The zero-order chi connectivity index (χ0) is 9.26. The number of carbonyl (C=O) groups excluding carboxylic acids is 1. The minimum absolute atomic E-state index is 0.0313. The van der Waals surface area contributed by atoms with Gasteiger partial charge in [-0.15, -0.1) is 0 Å². The first-order valence-corrected chi connectivity index (χ1v) is 4.20. The van der Waals surface area contributed by atoms with Crippen LogP contribution in [-0.4, -0.2) is 29.2 Å². The van der Waals surface area contributed by atoms with Crippen LogP contribution in [-0.2, 0) is 4.74 Å². The summed E-state index contributed by atoms with van der Waals surface area (Å²) in [6.07, 6.45) is 2.25. The van der Waals surface area contributed by atoms with Crippen LogP contribution in [0.1, 0.15) is 16.8 Å². The van der Waals surface area contributed by atoms with Crippen molar-refractivity contribution in [2.45, 2.75) is 6.42 Å². The van der Waals surface area contributed by atoms with Crippen molar-refractivity contribution in [3.8, 4) is 0 Å². The van der Waals surface area contributed by atoms with Gasteiger partial charge in [0.05, 0.1) is 18.4 Å². The van der Waals surface area contributed by atoms with E-state index in [4.69, 9.17) is 10.5 Å². The summed E-state index contributed by atoms with van der Waals surface area (Å²) in [5.41, 5.74) is 6.01. The second-order valence-corrected chi connectivity index (χ2v) is 3.12. The van der Waals surface area contributed by atoms with Crippen LogP contribution in [0, 0.1) is 5.92 Å². The average Bonchev–Trinajstić information content (AvgIpc) is 2.72. The van der Waals surface area contributed by atoms with Crippen molar-refractivity contribution in [1.82, 2.24) is 10.2 Å². The van der Waals surface area contributed by atoms with Gasteiger partial charge >= 0.3 is 0 Å². The van der Waals surface area contributed by atoms with Gasteiger partial charge in [0.2, 0.25) is 0 Å². The van der Waals surface area contributed by atoms with Crippen molar-refractivity contribution in [2.75, 3.05) is 18.9 Å². The molecular formula is C8H11N3O2. The van der Waals surface area contributed by atoms with Crippen molar-refractivity contribution in [1.29, 1.82) is 0 Å². The minimum Gasteiger partial charge on any atom is -0.383 e. The molecular weight excluding hydrogens is 170 g/mol. The molecule has 3 N–H and O–H groups in total. The Kier molecular flexibility index (Phi) is 2.02. The molecule has 0 aliphatic carbocycles. The van der Waals surface area contributed by atoms with E-state index in [1.807, 2.05) is 0 Å². The molecule has 70 valence electrons. The van der Waals surface area contributed by atoms with E-state index >= 15 is 0 Å². The normalized spacial score (nSPS) is 22.0. The molecule has 2 heterocycles. The standard InChI is InChI=1S/C8H11N3O2/c9-8-6(3-10-11-8)7(12)5-1-2-13-4-5/h3,5H,1-2,4H2,(H3,9,10,11). The molecule has 1 aromatic rings. The fraction of sp³-hybridized carbons (Fsp3) is 0.500. The Labute approximate surface area is 75.3 Å². The van der Waals surface area contributed by atoms with Crippen LogP contribution < -0.4 is 5.73 Å². The van der Waals surface area contributed by atoms with E-state index in [2.05, 4.69) is 10.2 Å². The van der Waals surface area contributed by atoms with E-state index in [-0.39, 0.29) is 11.7 Å². The lowest BCUT2D eigenvalue weighted by Gasteiger charge is -2.03. The summed E-state index contributed by atoms with van der Waals surface area (Å²) in [6, 6.07) is 0. The Hall–Kier alpha value is -1.36. The predicted molar refractivity (Wildman–Crippen MR) is 46.3 cm³/mol. The third-order valence-electron chi connectivity index (χ3n) is 2.23. The molecule has 0 amide bonds. The smallest absolute Gasteiger partial charge is 0.173 e. The van der Waals surface area contributed by atoms with Gasteiger partial charge in [-0.05, 0) is 6.42 Å². The summed E-state index contributed by atoms with van der Waals surface area (Å²) >= 11 is 0. The molecule has 1 saturated heterocycles. The monoisotopic (exact) mass is 181 g/mol. The van der Waals surface area contributed by atoms with Crippen molar-refractivity contribution in [2.24, 2.45) is 5.92 Å². The molecule has 1 aliphatic heterocycles. The largest absolute Gasteiger partial charge is 0.383 e. The number of hydrogen-bond donors (Lipinski definition) is 2. The molecule has 2 rings (SSSR count). The second kappa shape index (κ2) is 3.18. The maximum absolute atomic E-state index is 11.7. The molecule has 1 aromatic heterocycles. The predicted octanol–water partition coefficient (Wildman–Crippen LogP) is 0.211. The quantitative estimate of drug-likeness (QED) is 0.639. The van der Waals surface area contributed by atoms with Crippen molar-refractivity contribution >= 4 is 11.6 Å². The van der Waals surface area contributed by atoms with Crippen LogP contribution in [0.4, 0.5) is 5.82 Å². The zero-order valence-electron chi connectivity index (χ0n) is 7.12. The minimum atomic E-state index is -0.0418. The van der Waals surface area contributed by atoms with Gasteiger partial charge < -0.3 is 10.5 Å². The van der Waals surface area contributed by atoms with E-state index < -0.39 is 0 Å². The molecule has 0 aromatic carbocycles. The lowest BCUT2D eigenvalue weighted by atomic mass is 9.99. The van der Waals surface area contributed by atoms with Crippen LogP contribution in [0.2, 0.25) is 0 Å². The van der Waals surface area contributed by atoms with E-state index in [1.54, 1.807) is 0 Å². The summed E-state index contributed by atoms with van der Waals surface area (Å²) in [6.45, 7) is 1.16. The van der Waals surface area contributed by atoms with Gasteiger partial charge in [0.1, 0.15) is 5.82 Å².